The molecule has 2 heterocycles. The summed E-state index contributed by atoms with van der Waals surface area (Å²) >= 11 is 0. The Balaban J connectivity index is 2.63. The molecule has 0 saturated heterocycles. The normalized spacial score (nSPS) is 11.2. The highest BCUT2D eigenvalue weighted by molar-refractivity contribution is 6.04. The molecule has 1 aromatic carbocycles. The number of benzene rings is 1. The number of carboxylic acid groups (broad SMARTS) is 1. The van der Waals surface area contributed by atoms with Crippen molar-refractivity contribution in [3.8, 4) is 0 Å². The maximum Gasteiger partial charge on any atom is 0.352 e. The molecule has 5 heteroatoms. The standard InChI is InChI=1S/C13H9NO4/c1-14-8(13(16)17)6-9(15)12-11(14)7-4-2-3-5-10(7)18-12/h2-6H,1H3,(H,16,17). The number of carbonyl (C=O) groups is 1. The average Bonchev–Trinajstić information content (AvgIpc) is 2.73. The van der Waals surface area contributed by atoms with Crippen LogP contribution >= 0.6 is 0 Å². The third-order valence-corrected chi connectivity index (χ3v) is 2.98. The van der Waals surface area contributed by atoms with E-state index in [1.165, 1.54) is 4.57 Å². The topological polar surface area (TPSA) is 72.4 Å². The first-order chi connectivity index (χ1) is 8.59. The van der Waals surface area contributed by atoms with Gasteiger partial charge in [0.1, 0.15) is 11.3 Å². The van der Waals surface area contributed by atoms with Gasteiger partial charge in [-0.1, -0.05) is 12.1 Å². The first-order valence-electron chi connectivity index (χ1n) is 5.34. The van der Waals surface area contributed by atoms with Crippen molar-refractivity contribution in [3.63, 3.8) is 0 Å². The quantitative estimate of drug-likeness (QED) is 0.709. The Labute approximate surface area is 101 Å². The highest BCUT2D eigenvalue weighted by Crippen LogP contribution is 2.26. The van der Waals surface area contributed by atoms with Gasteiger partial charge in [0.25, 0.3) is 0 Å². The molecule has 0 fully saturated rings. The fourth-order valence-corrected chi connectivity index (χ4v) is 2.14. The summed E-state index contributed by atoms with van der Waals surface area (Å²) in [6.07, 6.45) is 0. The number of aromatic carboxylic acids is 1. The third kappa shape index (κ3) is 1.27. The lowest BCUT2D eigenvalue weighted by atomic mass is 10.2. The van der Waals surface area contributed by atoms with E-state index in [1.807, 2.05) is 6.07 Å². The third-order valence-electron chi connectivity index (χ3n) is 2.98. The van der Waals surface area contributed by atoms with E-state index in [-0.39, 0.29) is 11.3 Å². The fraction of sp³-hybridized carbons (Fsp3) is 0.0769. The van der Waals surface area contributed by atoms with Gasteiger partial charge in [-0.3, -0.25) is 4.79 Å². The highest BCUT2D eigenvalue weighted by atomic mass is 16.4. The predicted molar refractivity (Wildman–Crippen MR) is 65.9 cm³/mol. The van der Waals surface area contributed by atoms with E-state index in [0.29, 0.717) is 11.1 Å². The molecule has 0 spiro atoms. The van der Waals surface area contributed by atoms with E-state index >= 15 is 0 Å². The molecule has 2 aromatic heterocycles. The van der Waals surface area contributed by atoms with Crippen molar-refractivity contribution in [2.24, 2.45) is 7.05 Å². The first-order valence-corrected chi connectivity index (χ1v) is 5.34. The number of carboxylic acids is 1. The summed E-state index contributed by atoms with van der Waals surface area (Å²) in [6.45, 7) is 0. The van der Waals surface area contributed by atoms with Crippen LogP contribution in [0.25, 0.3) is 22.1 Å². The van der Waals surface area contributed by atoms with Crippen molar-refractivity contribution in [1.29, 1.82) is 0 Å². The van der Waals surface area contributed by atoms with Crippen molar-refractivity contribution < 1.29 is 14.3 Å². The molecule has 0 saturated carbocycles. The van der Waals surface area contributed by atoms with Gasteiger partial charge in [0.2, 0.25) is 5.43 Å². The maximum atomic E-state index is 11.9. The number of furan rings is 1. The summed E-state index contributed by atoms with van der Waals surface area (Å²) < 4.78 is 6.94. The van der Waals surface area contributed by atoms with Gasteiger partial charge in [-0.15, -0.1) is 0 Å². The Morgan fingerprint density at radius 1 is 1.33 bits per heavy atom. The lowest BCUT2D eigenvalue weighted by Gasteiger charge is -2.05. The minimum Gasteiger partial charge on any atom is -0.477 e. The monoisotopic (exact) mass is 243 g/mol. The Bertz CT molecular complexity index is 841. The largest absolute Gasteiger partial charge is 0.477 e. The molecule has 5 nitrogen and oxygen atoms in total. The molecule has 1 N–H and O–H groups in total. The van der Waals surface area contributed by atoms with Gasteiger partial charge in [0.05, 0.1) is 5.52 Å². The van der Waals surface area contributed by atoms with Crippen LogP contribution in [0.2, 0.25) is 0 Å². The molecule has 3 aromatic rings. The number of hydrogen-bond donors (Lipinski definition) is 1. The lowest BCUT2D eigenvalue weighted by molar-refractivity contribution is 0.0686. The van der Waals surface area contributed by atoms with Crippen LogP contribution in [-0.4, -0.2) is 15.6 Å². The van der Waals surface area contributed by atoms with Crippen LogP contribution in [0.15, 0.2) is 39.5 Å². The minimum absolute atomic E-state index is 0.0564. The summed E-state index contributed by atoms with van der Waals surface area (Å²) in [7, 11) is 1.60. The van der Waals surface area contributed by atoms with Gasteiger partial charge in [-0.25, -0.2) is 4.79 Å². The molecular formula is C13H9NO4. The molecule has 0 aliphatic heterocycles. The van der Waals surface area contributed by atoms with Crippen LogP contribution in [-0.2, 0) is 7.05 Å². The predicted octanol–water partition coefficient (Wildman–Crippen LogP) is 1.98. The van der Waals surface area contributed by atoms with Gasteiger partial charge < -0.3 is 14.1 Å². The van der Waals surface area contributed by atoms with Crippen molar-refractivity contribution in [3.05, 3.63) is 46.2 Å². The summed E-state index contributed by atoms with van der Waals surface area (Å²) in [5, 5.41) is 9.80. The number of para-hydroxylation sites is 1. The van der Waals surface area contributed by atoms with E-state index in [0.717, 1.165) is 11.5 Å². The average molecular weight is 243 g/mol. The molecule has 18 heavy (non-hydrogen) atoms. The van der Waals surface area contributed by atoms with Gasteiger partial charge in [-0.2, -0.15) is 0 Å². The van der Waals surface area contributed by atoms with E-state index < -0.39 is 11.4 Å². The zero-order valence-corrected chi connectivity index (χ0v) is 9.51. The van der Waals surface area contributed by atoms with Crippen LogP contribution in [0.3, 0.4) is 0 Å². The highest BCUT2D eigenvalue weighted by Gasteiger charge is 2.17. The second-order valence-corrected chi connectivity index (χ2v) is 4.03. The molecule has 0 amide bonds. The minimum atomic E-state index is -1.14. The second kappa shape index (κ2) is 3.46. The van der Waals surface area contributed by atoms with Crippen LogP contribution in [0, 0.1) is 0 Å². The van der Waals surface area contributed by atoms with Crippen molar-refractivity contribution >= 4 is 28.0 Å². The molecule has 0 bridgehead atoms. The number of hydrogen-bond acceptors (Lipinski definition) is 3. The molecule has 0 atom stereocenters. The Morgan fingerprint density at radius 2 is 2.06 bits per heavy atom. The zero-order chi connectivity index (χ0) is 12.9. The molecule has 0 aliphatic rings. The summed E-state index contributed by atoms with van der Waals surface area (Å²) in [5.41, 5.74) is 0.790. The zero-order valence-electron chi connectivity index (χ0n) is 9.51. The number of nitrogens with zero attached hydrogens (tertiary/aromatic N) is 1. The van der Waals surface area contributed by atoms with Crippen LogP contribution < -0.4 is 5.43 Å². The molecule has 0 radical (unpaired) electrons. The van der Waals surface area contributed by atoms with E-state index in [1.54, 1.807) is 25.2 Å². The SMILES string of the molecule is Cn1c(C(=O)O)cc(=O)c2oc3ccccc3c21. The molecule has 90 valence electrons. The number of aromatic nitrogens is 1. The van der Waals surface area contributed by atoms with E-state index in [2.05, 4.69) is 0 Å². The van der Waals surface area contributed by atoms with Gasteiger partial charge in [-0.05, 0) is 12.1 Å². The fourth-order valence-electron chi connectivity index (χ4n) is 2.14. The second-order valence-electron chi connectivity index (χ2n) is 4.03. The number of fused-ring (bicyclic) bond motifs is 3. The van der Waals surface area contributed by atoms with Gasteiger partial charge in [0, 0.05) is 18.5 Å². The van der Waals surface area contributed by atoms with Crippen molar-refractivity contribution in [2.75, 3.05) is 0 Å². The van der Waals surface area contributed by atoms with Crippen molar-refractivity contribution in [2.45, 2.75) is 0 Å². The number of pyridine rings is 1. The maximum absolute atomic E-state index is 11.9. The van der Waals surface area contributed by atoms with Crippen LogP contribution in [0.4, 0.5) is 0 Å². The molecule has 0 unspecified atom stereocenters. The van der Waals surface area contributed by atoms with Gasteiger partial charge in [0.15, 0.2) is 5.58 Å². The Kier molecular flexibility index (Phi) is 2.04. The Hall–Kier alpha value is -2.56. The van der Waals surface area contributed by atoms with Crippen LogP contribution in [0.1, 0.15) is 10.5 Å². The summed E-state index contributed by atoms with van der Waals surface area (Å²) in [6, 6.07) is 8.23. The summed E-state index contributed by atoms with van der Waals surface area (Å²) in [4.78, 5) is 22.9. The van der Waals surface area contributed by atoms with Crippen LogP contribution in [0.5, 0.6) is 0 Å². The molecule has 3 rings (SSSR count). The van der Waals surface area contributed by atoms with E-state index in [4.69, 9.17) is 9.52 Å². The smallest absolute Gasteiger partial charge is 0.352 e. The lowest BCUT2D eigenvalue weighted by Crippen LogP contribution is -2.14. The molecule has 0 aliphatic carbocycles. The molecular weight excluding hydrogens is 234 g/mol. The number of rotatable bonds is 1. The Morgan fingerprint density at radius 3 is 2.78 bits per heavy atom. The van der Waals surface area contributed by atoms with Gasteiger partial charge >= 0.3 is 5.97 Å². The first kappa shape index (κ1) is 10.6. The summed E-state index contributed by atoms with van der Waals surface area (Å²) in [5.74, 6) is -1.14. The van der Waals surface area contributed by atoms with E-state index in [9.17, 15) is 9.59 Å². The van der Waals surface area contributed by atoms with Crippen molar-refractivity contribution in [1.82, 2.24) is 4.57 Å². The number of aryl methyl sites for hydroxylation is 1.